The van der Waals surface area contributed by atoms with E-state index in [1.54, 1.807) is 0 Å². The van der Waals surface area contributed by atoms with Crippen LogP contribution in [-0.4, -0.2) is 26.9 Å². The smallest absolute Gasteiger partial charge is 0.423 e. The van der Waals surface area contributed by atoms with Crippen LogP contribution >= 0.6 is 0 Å². The third-order valence-electron chi connectivity index (χ3n) is 1.47. The Hall–Kier alpha value is -1.59. The topological polar surface area (TPSA) is 58.3 Å². The summed E-state index contributed by atoms with van der Waals surface area (Å²) in [6, 6.07) is -3.16. The average molecular weight is 195 g/mol. The average Bonchev–Trinajstić information content (AvgIpc) is 2.64. The van der Waals surface area contributed by atoms with Crippen LogP contribution in [0.4, 0.5) is 0 Å². The molecule has 1 aromatic carbocycles. The minimum absolute atomic E-state index is 0.448. The maximum Gasteiger partial charge on any atom is 0.488 e. The third-order valence-corrected chi connectivity index (χ3v) is 1.47. The lowest BCUT2D eigenvalue weighted by molar-refractivity contribution is 0.426. The predicted molar refractivity (Wildman–Crippen MR) is 53.4 cm³/mol. The Morgan fingerprint density at radius 1 is 1.36 bits per heavy atom. The molecule has 0 aliphatic heterocycles. The summed E-state index contributed by atoms with van der Waals surface area (Å²) in [5.74, 6) is 0. The monoisotopic (exact) mass is 195 g/mol. The molecule has 1 aromatic heterocycles. The van der Waals surface area contributed by atoms with E-state index in [1.807, 2.05) is 0 Å². The molecule has 0 unspecified atom stereocenters. The van der Waals surface area contributed by atoms with Crippen molar-refractivity contribution >= 4 is 12.6 Å². The molecule has 0 aliphatic rings. The molecule has 5 heteroatoms. The molecule has 0 saturated heterocycles. The van der Waals surface area contributed by atoms with Crippen LogP contribution in [0.1, 0.15) is 9.60 Å². The largest absolute Gasteiger partial charge is 0.488 e. The van der Waals surface area contributed by atoms with Gasteiger partial charge in [0.2, 0.25) is 0 Å². The zero-order chi connectivity index (χ0) is 16.1. The first-order chi connectivity index (χ1) is 9.68. The Morgan fingerprint density at radius 2 is 2.21 bits per heavy atom. The molecule has 2 aromatic rings. The Labute approximate surface area is 91.4 Å². The van der Waals surface area contributed by atoms with Gasteiger partial charge in [-0.25, -0.2) is 4.68 Å². The summed E-state index contributed by atoms with van der Waals surface area (Å²) < 4.78 is 53.9. The highest BCUT2D eigenvalue weighted by atomic mass is 16.4. The standard InChI is InChI=1S/C9H9BN2O2/c13-10(14)8-3-1-4-9(7-8)12-6-2-5-11-12/h1-7,13-14H/i1D,2D,3D,4D,5D,6D,7D. The van der Waals surface area contributed by atoms with Crippen LogP contribution in [0.3, 0.4) is 0 Å². The normalized spacial score (nSPS) is 17.1. The lowest BCUT2D eigenvalue weighted by atomic mass is 9.80. The summed E-state index contributed by atoms with van der Waals surface area (Å²) in [6.07, 6.45) is -1.12. The number of nitrogens with zero attached hydrogens (tertiary/aromatic N) is 2. The molecule has 0 radical (unpaired) electrons. The van der Waals surface area contributed by atoms with Crippen LogP contribution in [-0.2, 0) is 0 Å². The van der Waals surface area contributed by atoms with E-state index in [4.69, 9.17) is 9.60 Å². The fourth-order valence-electron chi connectivity index (χ4n) is 0.867. The molecule has 14 heavy (non-hydrogen) atoms. The van der Waals surface area contributed by atoms with Gasteiger partial charge >= 0.3 is 7.12 Å². The Morgan fingerprint density at radius 3 is 2.86 bits per heavy atom. The highest BCUT2D eigenvalue weighted by Crippen LogP contribution is 2.03. The van der Waals surface area contributed by atoms with Crippen molar-refractivity contribution in [1.82, 2.24) is 9.78 Å². The summed E-state index contributed by atoms with van der Waals surface area (Å²) in [4.78, 5) is 0. The minimum atomic E-state index is -2.20. The van der Waals surface area contributed by atoms with Crippen LogP contribution in [0.2, 0.25) is 0 Å². The number of hydrogen-bond acceptors (Lipinski definition) is 3. The molecule has 1 heterocycles. The van der Waals surface area contributed by atoms with E-state index in [2.05, 4.69) is 5.10 Å². The number of rotatable bonds is 2. The molecular formula is C9H9BN2O2. The first-order valence-corrected chi connectivity index (χ1v) is 3.68. The van der Waals surface area contributed by atoms with Gasteiger partial charge in [-0.05, 0) is 23.6 Å². The molecule has 2 N–H and O–H groups in total. The molecule has 0 fully saturated rings. The fraction of sp³-hybridized carbons (Fsp3) is 0. The molecule has 0 atom stereocenters. The van der Waals surface area contributed by atoms with Crippen molar-refractivity contribution in [3.05, 3.63) is 42.6 Å². The Bertz CT molecular complexity index is 734. The van der Waals surface area contributed by atoms with Crippen LogP contribution in [0.25, 0.3) is 5.69 Å². The summed E-state index contributed by atoms with van der Waals surface area (Å²) in [7, 11) is -2.20. The molecule has 2 rings (SSSR count). The molecule has 4 nitrogen and oxygen atoms in total. The molecule has 0 aliphatic carbocycles. The molecule has 0 bridgehead atoms. The first-order valence-electron chi connectivity index (χ1n) is 7.18. The van der Waals surface area contributed by atoms with Crippen LogP contribution in [0, 0.1) is 0 Å². The second-order valence-electron chi connectivity index (χ2n) is 2.40. The van der Waals surface area contributed by atoms with Gasteiger partial charge in [-0.3, -0.25) is 0 Å². The van der Waals surface area contributed by atoms with Gasteiger partial charge in [-0.2, -0.15) is 5.10 Å². The van der Waals surface area contributed by atoms with Gasteiger partial charge in [0.15, 0.2) is 0 Å². The van der Waals surface area contributed by atoms with Crippen molar-refractivity contribution < 1.29 is 19.6 Å². The summed E-state index contributed by atoms with van der Waals surface area (Å²) in [6.45, 7) is 0. The number of aromatic nitrogens is 2. The molecule has 0 amide bonds. The van der Waals surface area contributed by atoms with E-state index in [1.165, 1.54) is 0 Å². The van der Waals surface area contributed by atoms with Gasteiger partial charge in [-0.1, -0.05) is 12.1 Å². The third kappa shape index (κ3) is 1.68. The lowest BCUT2D eigenvalue weighted by Crippen LogP contribution is -2.29. The minimum Gasteiger partial charge on any atom is -0.423 e. The van der Waals surface area contributed by atoms with Crippen LogP contribution in [0.15, 0.2) is 42.6 Å². The Kier molecular flexibility index (Phi) is 1.01. The maximum absolute atomic E-state index is 9.22. The first kappa shape index (κ1) is 3.88. The Balaban J connectivity index is 2.89. The van der Waals surface area contributed by atoms with Gasteiger partial charge in [-0.15, -0.1) is 0 Å². The molecular weight excluding hydrogens is 179 g/mol. The van der Waals surface area contributed by atoms with Gasteiger partial charge in [0.25, 0.3) is 0 Å². The van der Waals surface area contributed by atoms with Crippen molar-refractivity contribution in [2.24, 2.45) is 0 Å². The summed E-state index contributed by atoms with van der Waals surface area (Å²) in [5, 5.41) is 22.0. The number of hydrogen-bond donors (Lipinski definition) is 2. The van der Waals surface area contributed by atoms with E-state index in [0.717, 1.165) is 0 Å². The highest BCUT2D eigenvalue weighted by Gasteiger charge is 2.10. The van der Waals surface area contributed by atoms with E-state index in [-0.39, 0.29) is 0 Å². The van der Waals surface area contributed by atoms with E-state index in [9.17, 15) is 10.0 Å². The van der Waals surface area contributed by atoms with Crippen LogP contribution < -0.4 is 5.46 Å². The van der Waals surface area contributed by atoms with Crippen molar-refractivity contribution in [3.63, 3.8) is 0 Å². The second-order valence-corrected chi connectivity index (χ2v) is 2.40. The fourth-order valence-corrected chi connectivity index (χ4v) is 0.867. The zero-order valence-corrected chi connectivity index (χ0v) is 6.87. The zero-order valence-electron chi connectivity index (χ0n) is 13.9. The molecule has 70 valence electrons. The van der Waals surface area contributed by atoms with Gasteiger partial charge in [0.1, 0.15) is 0 Å². The highest BCUT2D eigenvalue weighted by molar-refractivity contribution is 6.58. The van der Waals surface area contributed by atoms with Crippen molar-refractivity contribution in [3.8, 4) is 5.69 Å². The molecule has 0 saturated carbocycles. The summed E-state index contributed by atoms with van der Waals surface area (Å²) >= 11 is 0. The van der Waals surface area contributed by atoms with Crippen LogP contribution in [0.5, 0.6) is 0 Å². The second kappa shape index (κ2) is 3.65. The molecule has 0 spiro atoms. The van der Waals surface area contributed by atoms with E-state index < -0.39 is 60.8 Å². The SMILES string of the molecule is [2H]c1nn(-c2c([2H])c([2H])c([2H])c(B(O)O)c2[2H])c([2H])c1[2H]. The number of benzene rings is 1. The lowest BCUT2D eigenvalue weighted by Gasteiger charge is -2.03. The van der Waals surface area contributed by atoms with Crippen molar-refractivity contribution in [2.75, 3.05) is 0 Å². The van der Waals surface area contributed by atoms with Gasteiger partial charge < -0.3 is 10.0 Å². The van der Waals surface area contributed by atoms with E-state index >= 15 is 0 Å². The van der Waals surface area contributed by atoms with Gasteiger partial charge in [0.05, 0.1) is 15.3 Å². The van der Waals surface area contributed by atoms with E-state index in [0.29, 0.717) is 4.68 Å². The maximum atomic E-state index is 9.22. The van der Waals surface area contributed by atoms with Crippen molar-refractivity contribution in [1.29, 1.82) is 0 Å². The quantitative estimate of drug-likeness (QED) is 0.638. The predicted octanol–water partition coefficient (Wildman–Crippen LogP) is -0.448. The van der Waals surface area contributed by atoms with Gasteiger partial charge in [0, 0.05) is 12.3 Å². The summed E-state index contributed by atoms with van der Waals surface area (Å²) in [5.41, 5.74) is -1.05. The van der Waals surface area contributed by atoms with Crippen molar-refractivity contribution in [2.45, 2.75) is 0 Å².